The number of carbonyl (C=O) groups excluding carboxylic acids is 2. The molecule has 39 heavy (non-hydrogen) atoms. The fourth-order valence-corrected chi connectivity index (χ4v) is 6.50. The topological polar surface area (TPSA) is 111 Å². The van der Waals surface area contributed by atoms with Crippen LogP contribution >= 0.6 is 0 Å². The van der Waals surface area contributed by atoms with Crippen molar-refractivity contribution in [3.05, 3.63) is 52.8 Å². The molecule has 1 N–H and O–H groups in total. The van der Waals surface area contributed by atoms with Gasteiger partial charge in [0.15, 0.2) is 0 Å². The third-order valence-electron chi connectivity index (χ3n) is 7.34. The minimum atomic E-state index is -4.26. The zero-order valence-electron chi connectivity index (χ0n) is 22.5. The van der Waals surface area contributed by atoms with Crippen LogP contribution in [0.2, 0.25) is 0 Å². The molecule has 0 radical (unpaired) electrons. The van der Waals surface area contributed by atoms with Crippen LogP contribution in [0.3, 0.4) is 0 Å². The molecular weight excluding hydrogens is 527 g/mol. The lowest BCUT2D eigenvalue weighted by Crippen LogP contribution is -2.51. The summed E-state index contributed by atoms with van der Waals surface area (Å²) in [6.07, 6.45) is 1.58. The highest BCUT2D eigenvalue weighted by atomic mass is 32.2. The van der Waals surface area contributed by atoms with E-state index in [1.807, 2.05) is 20.8 Å². The van der Waals surface area contributed by atoms with E-state index in [-0.39, 0.29) is 39.8 Å². The summed E-state index contributed by atoms with van der Waals surface area (Å²) in [7, 11) is -3.07. The molecule has 2 unspecified atom stereocenters. The van der Waals surface area contributed by atoms with E-state index >= 15 is 0 Å². The number of sulfonamides is 1. The fraction of sp³-hybridized carbons (Fsp3) is 0.500. The van der Waals surface area contributed by atoms with Crippen molar-refractivity contribution in [2.45, 2.75) is 56.4 Å². The van der Waals surface area contributed by atoms with E-state index in [4.69, 9.17) is 14.2 Å². The molecule has 3 aliphatic rings. The van der Waals surface area contributed by atoms with Gasteiger partial charge in [0.2, 0.25) is 0 Å². The Kier molecular flexibility index (Phi) is 6.98. The van der Waals surface area contributed by atoms with Crippen LogP contribution in [-0.2, 0) is 25.9 Å². The van der Waals surface area contributed by atoms with E-state index in [9.17, 15) is 22.4 Å². The number of nitrogens with one attached hydrogen (secondary N) is 1. The molecule has 5 rings (SSSR count). The largest absolute Gasteiger partial charge is 0.492 e. The molecule has 2 aromatic rings. The Bertz CT molecular complexity index is 1410. The SMILES string of the molecule is COC(=O)c1c(S(=O)(=O)Nc2ccc(F)cc2CCC2CN(C(=O)OC(C)(C)C)C2)ccc2c1OCC1CC21. The van der Waals surface area contributed by atoms with Crippen molar-refractivity contribution in [2.75, 3.05) is 31.5 Å². The van der Waals surface area contributed by atoms with Crippen LogP contribution in [0.4, 0.5) is 14.9 Å². The van der Waals surface area contributed by atoms with E-state index in [1.54, 1.807) is 11.0 Å². The van der Waals surface area contributed by atoms with Crippen molar-refractivity contribution in [2.24, 2.45) is 11.8 Å². The van der Waals surface area contributed by atoms with Gasteiger partial charge in [0.1, 0.15) is 27.6 Å². The lowest BCUT2D eigenvalue weighted by molar-refractivity contribution is -0.00204. The Morgan fingerprint density at radius 3 is 2.62 bits per heavy atom. The number of esters is 1. The van der Waals surface area contributed by atoms with Gasteiger partial charge in [0.05, 0.1) is 19.4 Å². The number of anilines is 1. The van der Waals surface area contributed by atoms with Crippen LogP contribution < -0.4 is 9.46 Å². The van der Waals surface area contributed by atoms with Gasteiger partial charge >= 0.3 is 12.1 Å². The van der Waals surface area contributed by atoms with Crippen molar-refractivity contribution in [3.63, 3.8) is 0 Å². The maximum Gasteiger partial charge on any atom is 0.410 e. The molecule has 2 fully saturated rings. The Morgan fingerprint density at radius 1 is 1.18 bits per heavy atom. The van der Waals surface area contributed by atoms with Crippen molar-refractivity contribution in [1.82, 2.24) is 4.90 Å². The second kappa shape index (κ2) is 10.0. The number of halogens is 1. The first kappa shape index (κ1) is 27.2. The number of fused-ring (bicyclic) bond motifs is 3. The fourth-order valence-electron chi connectivity index (χ4n) is 5.21. The molecular formula is C28H33FN2O7S. The number of ether oxygens (including phenoxy) is 3. The highest BCUT2D eigenvalue weighted by molar-refractivity contribution is 7.92. The van der Waals surface area contributed by atoms with Crippen LogP contribution in [0, 0.1) is 17.7 Å². The summed E-state index contributed by atoms with van der Waals surface area (Å²) in [5.74, 6) is -0.221. The van der Waals surface area contributed by atoms with Gasteiger partial charge in [-0.05, 0) is 87.3 Å². The number of likely N-dealkylation sites (tertiary alicyclic amines) is 1. The summed E-state index contributed by atoms with van der Waals surface area (Å²) in [6, 6.07) is 6.95. The summed E-state index contributed by atoms with van der Waals surface area (Å²) >= 11 is 0. The molecule has 2 atom stereocenters. The number of hydrogen-bond donors (Lipinski definition) is 1. The van der Waals surface area contributed by atoms with E-state index in [1.165, 1.54) is 31.4 Å². The number of aryl methyl sites for hydroxylation is 1. The Hall–Kier alpha value is -3.34. The maximum atomic E-state index is 14.2. The predicted molar refractivity (Wildman–Crippen MR) is 141 cm³/mol. The van der Waals surface area contributed by atoms with Gasteiger partial charge in [0.25, 0.3) is 10.0 Å². The highest BCUT2D eigenvalue weighted by Gasteiger charge is 2.46. The monoisotopic (exact) mass is 560 g/mol. The molecule has 11 heteroatoms. The van der Waals surface area contributed by atoms with E-state index in [0.717, 1.165) is 12.0 Å². The Morgan fingerprint density at radius 2 is 1.92 bits per heavy atom. The van der Waals surface area contributed by atoms with Gasteiger partial charge < -0.3 is 19.1 Å². The predicted octanol–water partition coefficient (Wildman–Crippen LogP) is 4.71. The van der Waals surface area contributed by atoms with Gasteiger partial charge in [0, 0.05) is 19.0 Å². The first-order valence-electron chi connectivity index (χ1n) is 13.0. The summed E-state index contributed by atoms with van der Waals surface area (Å²) in [4.78, 5) is 26.3. The van der Waals surface area contributed by atoms with E-state index in [0.29, 0.717) is 44.0 Å². The molecule has 2 aliphatic heterocycles. The van der Waals surface area contributed by atoms with Gasteiger partial charge in [-0.3, -0.25) is 4.72 Å². The minimum absolute atomic E-state index is 0.131. The van der Waals surface area contributed by atoms with Gasteiger partial charge in [-0.1, -0.05) is 6.07 Å². The van der Waals surface area contributed by atoms with Gasteiger partial charge in [-0.25, -0.2) is 22.4 Å². The highest BCUT2D eigenvalue weighted by Crippen LogP contribution is 2.55. The lowest BCUT2D eigenvalue weighted by Gasteiger charge is -2.40. The molecule has 1 aliphatic carbocycles. The number of amides is 1. The quantitative estimate of drug-likeness (QED) is 0.489. The summed E-state index contributed by atoms with van der Waals surface area (Å²) in [6.45, 7) is 6.88. The zero-order chi connectivity index (χ0) is 28.1. The summed E-state index contributed by atoms with van der Waals surface area (Å²) < 4.78 is 60.0. The van der Waals surface area contributed by atoms with Crippen LogP contribution in [0.1, 0.15) is 61.0 Å². The van der Waals surface area contributed by atoms with Crippen LogP contribution in [0.25, 0.3) is 0 Å². The van der Waals surface area contributed by atoms with E-state index in [2.05, 4.69) is 4.72 Å². The van der Waals surface area contributed by atoms with Crippen LogP contribution in [-0.4, -0.2) is 57.8 Å². The average molecular weight is 561 g/mol. The maximum absolute atomic E-state index is 14.2. The standard InChI is InChI=1S/C28H33FN2O7S/c1-28(2,3)38-27(33)31-13-16(14-31)5-6-17-11-19(29)7-9-22(17)30-39(34,35)23-10-8-20-21-12-18(21)15-37-25(20)24(23)26(32)36-4/h7-11,16,18,21,30H,5-6,12-15H2,1-4H3. The number of benzene rings is 2. The Labute approximate surface area is 227 Å². The number of hydrogen-bond acceptors (Lipinski definition) is 7. The second-order valence-corrected chi connectivity index (χ2v) is 13.1. The molecule has 0 spiro atoms. The van der Waals surface area contributed by atoms with Crippen molar-refractivity contribution < 1.29 is 36.6 Å². The minimum Gasteiger partial charge on any atom is -0.492 e. The first-order chi connectivity index (χ1) is 18.4. The number of nitrogens with zero attached hydrogens (tertiary/aromatic N) is 1. The molecule has 2 aromatic carbocycles. The molecule has 2 heterocycles. The van der Waals surface area contributed by atoms with Crippen molar-refractivity contribution >= 4 is 27.8 Å². The zero-order valence-corrected chi connectivity index (χ0v) is 23.3. The number of carbonyl (C=O) groups is 2. The molecule has 0 aromatic heterocycles. The molecule has 9 nitrogen and oxygen atoms in total. The first-order valence-corrected chi connectivity index (χ1v) is 14.5. The third kappa shape index (κ3) is 5.68. The smallest absolute Gasteiger partial charge is 0.410 e. The number of rotatable bonds is 7. The van der Waals surface area contributed by atoms with E-state index < -0.39 is 27.4 Å². The van der Waals surface area contributed by atoms with Crippen LogP contribution in [0.15, 0.2) is 35.2 Å². The van der Waals surface area contributed by atoms with Crippen molar-refractivity contribution in [1.29, 1.82) is 0 Å². The normalized spacial score (nSPS) is 20.2. The second-order valence-electron chi connectivity index (χ2n) is 11.5. The lowest BCUT2D eigenvalue weighted by atomic mass is 9.92. The molecule has 1 saturated heterocycles. The molecule has 1 saturated carbocycles. The third-order valence-corrected chi connectivity index (χ3v) is 8.74. The molecule has 1 amide bonds. The molecule has 0 bridgehead atoms. The Balaban J connectivity index is 1.33. The van der Waals surface area contributed by atoms with Crippen molar-refractivity contribution in [3.8, 4) is 5.75 Å². The summed E-state index contributed by atoms with van der Waals surface area (Å²) in [5.41, 5.74) is 0.802. The van der Waals surface area contributed by atoms with Crippen LogP contribution in [0.5, 0.6) is 5.75 Å². The van der Waals surface area contributed by atoms with Gasteiger partial charge in [-0.15, -0.1) is 0 Å². The average Bonchev–Trinajstić information content (AvgIpc) is 3.62. The molecule has 210 valence electrons. The summed E-state index contributed by atoms with van der Waals surface area (Å²) in [5, 5.41) is 0. The number of methoxy groups -OCH3 is 1. The van der Waals surface area contributed by atoms with Gasteiger partial charge in [-0.2, -0.15) is 0 Å².